The first-order chi connectivity index (χ1) is 14.9. The number of piperidine rings is 1. The van der Waals surface area contributed by atoms with E-state index in [2.05, 4.69) is 9.88 Å². The quantitative estimate of drug-likeness (QED) is 0.505. The van der Waals surface area contributed by atoms with Gasteiger partial charge in [-0.05, 0) is 67.7 Å². The molecule has 1 aliphatic rings. The maximum atomic E-state index is 11.8. The molecule has 3 aromatic rings. The third-order valence-corrected chi connectivity index (χ3v) is 6.10. The van der Waals surface area contributed by atoms with Crippen LogP contribution in [0.25, 0.3) is 11.5 Å². The lowest BCUT2D eigenvalue weighted by atomic mass is 9.89. The number of benzene rings is 1. The van der Waals surface area contributed by atoms with Crippen LogP contribution in [0.1, 0.15) is 40.4 Å². The van der Waals surface area contributed by atoms with Gasteiger partial charge in [0.2, 0.25) is 0 Å². The summed E-state index contributed by atoms with van der Waals surface area (Å²) in [5, 5.41) is 1.38. The number of likely N-dealkylation sites (tertiary alicyclic amines) is 1. The Kier molecular flexibility index (Phi) is 6.60. The highest BCUT2D eigenvalue weighted by molar-refractivity contribution is 6.34. The molecule has 8 heteroatoms. The number of hydrogen-bond donors (Lipinski definition) is 0. The smallest absolute Gasteiger partial charge is 0.337 e. The Hall–Kier alpha value is -2.41. The van der Waals surface area contributed by atoms with E-state index in [9.17, 15) is 4.79 Å². The SMILES string of the molecule is COC(=O)c1ccnc(-c2nc(CN3CCC(c4cc(Cl)cc(Cl)c4)CC3)cn2C)c1. The summed E-state index contributed by atoms with van der Waals surface area (Å²) in [4.78, 5) is 23.4. The van der Waals surface area contributed by atoms with Gasteiger partial charge in [-0.1, -0.05) is 23.2 Å². The highest BCUT2D eigenvalue weighted by atomic mass is 35.5. The minimum Gasteiger partial charge on any atom is -0.465 e. The highest BCUT2D eigenvalue weighted by Gasteiger charge is 2.22. The summed E-state index contributed by atoms with van der Waals surface area (Å²) in [6.45, 7) is 2.74. The number of hydrogen-bond acceptors (Lipinski definition) is 5. The second-order valence-electron chi connectivity index (χ2n) is 7.84. The fourth-order valence-corrected chi connectivity index (χ4v) is 4.65. The molecular weight excluding hydrogens is 435 g/mol. The number of carbonyl (C=O) groups excluding carboxylic acids is 1. The molecule has 1 saturated heterocycles. The summed E-state index contributed by atoms with van der Waals surface area (Å²) >= 11 is 12.3. The van der Waals surface area contributed by atoms with Gasteiger partial charge >= 0.3 is 5.97 Å². The van der Waals surface area contributed by atoms with E-state index in [1.54, 1.807) is 24.4 Å². The molecule has 1 fully saturated rings. The summed E-state index contributed by atoms with van der Waals surface area (Å²) in [6.07, 6.45) is 5.73. The molecule has 31 heavy (non-hydrogen) atoms. The Labute approximate surface area is 191 Å². The molecule has 0 N–H and O–H groups in total. The third kappa shape index (κ3) is 5.09. The van der Waals surface area contributed by atoms with Crippen molar-refractivity contribution < 1.29 is 9.53 Å². The second kappa shape index (κ2) is 9.39. The normalized spacial score (nSPS) is 15.2. The molecule has 0 amide bonds. The van der Waals surface area contributed by atoms with Crippen molar-refractivity contribution in [3.8, 4) is 11.5 Å². The van der Waals surface area contributed by atoms with Gasteiger partial charge in [-0.3, -0.25) is 9.88 Å². The van der Waals surface area contributed by atoms with Gasteiger partial charge < -0.3 is 9.30 Å². The minimum atomic E-state index is -0.387. The first-order valence-corrected chi connectivity index (χ1v) is 10.9. The zero-order valence-corrected chi connectivity index (χ0v) is 19.0. The van der Waals surface area contributed by atoms with Gasteiger partial charge in [0.1, 0.15) is 5.69 Å². The Balaban J connectivity index is 1.42. The van der Waals surface area contributed by atoms with Gasteiger partial charge in [0.05, 0.1) is 18.4 Å². The van der Waals surface area contributed by atoms with E-state index in [-0.39, 0.29) is 5.97 Å². The number of aryl methyl sites for hydroxylation is 1. The molecule has 2 aromatic heterocycles. The zero-order chi connectivity index (χ0) is 22.0. The molecule has 0 radical (unpaired) electrons. The average molecular weight is 459 g/mol. The summed E-state index contributed by atoms with van der Waals surface area (Å²) in [6, 6.07) is 9.16. The van der Waals surface area contributed by atoms with Crippen LogP contribution in [0.15, 0.2) is 42.7 Å². The number of imidazole rings is 1. The van der Waals surface area contributed by atoms with Crippen LogP contribution in [-0.2, 0) is 18.3 Å². The lowest BCUT2D eigenvalue weighted by Crippen LogP contribution is -2.32. The Morgan fingerprint density at radius 3 is 2.55 bits per heavy atom. The lowest BCUT2D eigenvalue weighted by molar-refractivity contribution is 0.0600. The van der Waals surface area contributed by atoms with E-state index in [4.69, 9.17) is 32.9 Å². The van der Waals surface area contributed by atoms with E-state index in [1.165, 1.54) is 12.7 Å². The summed E-state index contributed by atoms with van der Waals surface area (Å²) in [7, 11) is 3.30. The Morgan fingerprint density at radius 1 is 1.16 bits per heavy atom. The van der Waals surface area contributed by atoms with E-state index in [0.717, 1.165) is 44.0 Å². The van der Waals surface area contributed by atoms with Crippen LogP contribution in [0.5, 0.6) is 0 Å². The summed E-state index contributed by atoms with van der Waals surface area (Å²) in [5.41, 5.74) is 3.30. The second-order valence-corrected chi connectivity index (χ2v) is 8.71. The number of halogens is 2. The van der Waals surface area contributed by atoms with Crippen LogP contribution in [0.4, 0.5) is 0 Å². The van der Waals surface area contributed by atoms with Crippen LogP contribution in [-0.4, -0.2) is 45.6 Å². The number of methoxy groups -OCH3 is 1. The van der Waals surface area contributed by atoms with E-state index in [0.29, 0.717) is 27.2 Å². The predicted molar refractivity (Wildman–Crippen MR) is 121 cm³/mol. The van der Waals surface area contributed by atoms with Gasteiger partial charge in [0, 0.05) is 36.0 Å². The summed E-state index contributed by atoms with van der Waals surface area (Å²) in [5.74, 6) is 0.808. The van der Waals surface area contributed by atoms with Crippen LogP contribution in [0.3, 0.4) is 0 Å². The largest absolute Gasteiger partial charge is 0.465 e. The first kappa shape index (κ1) is 21.8. The number of nitrogens with zero attached hydrogens (tertiary/aromatic N) is 4. The van der Waals surface area contributed by atoms with Gasteiger partial charge in [0.25, 0.3) is 0 Å². The van der Waals surface area contributed by atoms with Crippen molar-refractivity contribution >= 4 is 29.2 Å². The van der Waals surface area contributed by atoms with Crippen LogP contribution >= 0.6 is 23.2 Å². The number of rotatable bonds is 5. The standard InChI is InChI=1S/C23H24Cl2N4O2/c1-28-13-20(27-22(28)21-11-16(3-6-26-21)23(30)31-2)14-29-7-4-15(5-8-29)17-9-18(24)12-19(25)10-17/h3,6,9-13,15H,4-5,7-8,14H2,1-2H3. The van der Waals surface area contributed by atoms with E-state index >= 15 is 0 Å². The van der Waals surface area contributed by atoms with Gasteiger partial charge in [-0.15, -0.1) is 0 Å². The minimum absolute atomic E-state index is 0.387. The number of esters is 1. The van der Waals surface area contributed by atoms with Crippen LogP contribution in [0.2, 0.25) is 10.0 Å². The van der Waals surface area contributed by atoms with Gasteiger partial charge in [-0.25, -0.2) is 9.78 Å². The molecule has 4 rings (SSSR count). The molecule has 0 unspecified atom stereocenters. The van der Waals surface area contributed by atoms with Crippen molar-refractivity contribution in [3.05, 3.63) is 69.6 Å². The molecule has 162 valence electrons. The maximum absolute atomic E-state index is 11.8. The molecule has 1 aromatic carbocycles. The fraction of sp³-hybridized carbons (Fsp3) is 0.348. The predicted octanol–water partition coefficient (Wildman–Crippen LogP) is 4.96. The Bertz CT molecular complexity index is 1070. The molecule has 1 aliphatic heterocycles. The maximum Gasteiger partial charge on any atom is 0.337 e. The molecule has 0 atom stereocenters. The number of carbonyl (C=O) groups is 1. The van der Waals surface area contributed by atoms with Crippen molar-refractivity contribution in [2.75, 3.05) is 20.2 Å². The van der Waals surface area contributed by atoms with E-state index in [1.807, 2.05) is 29.9 Å². The molecule has 6 nitrogen and oxygen atoms in total. The fourth-order valence-electron chi connectivity index (χ4n) is 4.10. The third-order valence-electron chi connectivity index (χ3n) is 5.67. The average Bonchev–Trinajstić information content (AvgIpc) is 3.13. The number of pyridine rings is 1. The molecule has 0 aliphatic carbocycles. The molecule has 3 heterocycles. The Morgan fingerprint density at radius 2 is 1.87 bits per heavy atom. The molecule has 0 spiro atoms. The van der Waals surface area contributed by atoms with Crippen molar-refractivity contribution in [1.29, 1.82) is 0 Å². The van der Waals surface area contributed by atoms with Crippen LogP contribution in [0, 0.1) is 0 Å². The van der Waals surface area contributed by atoms with Crippen molar-refractivity contribution in [2.45, 2.75) is 25.3 Å². The molecule has 0 bridgehead atoms. The zero-order valence-electron chi connectivity index (χ0n) is 17.5. The lowest BCUT2D eigenvalue weighted by Gasteiger charge is -2.31. The molecule has 0 saturated carbocycles. The molecular formula is C23H24Cl2N4O2. The van der Waals surface area contributed by atoms with Gasteiger partial charge in [-0.2, -0.15) is 0 Å². The van der Waals surface area contributed by atoms with Crippen molar-refractivity contribution in [1.82, 2.24) is 19.4 Å². The monoisotopic (exact) mass is 458 g/mol. The number of ether oxygens (including phenoxy) is 1. The van der Waals surface area contributed by atoms with Crippen LogP contribution < -0.4 is 0 Å². The highest BCUT2D eigenvalue weighted by Crippen LogP contribution is 2.32. The summed E-state index contributed by atoms with van der Waals surface area (Å²) < 4.78 is 6.75. The van der Waals surface area contributed by atoms with Crippen molar-refractivity contribution in [3.63, 3.8) is 0 Å². The van der Waals surface area contributed by atoms with Crippen molar-refractivity contribution in [2.24, 2.45) is 7.05 Å². The van der Waals surface area contributed by atoms with Gasteiger partial charge in [0.15, 0.2) is 5.82 Å². The van der Waals surface area contributed by atoms with E-state index < -0.39 is 0 Å². The number of aromatic nitrogens is 3. The first-order valence-electron chi connectivity index (χ1n) is 10.2. The topological polar surface area (TPSA) is 60.2 Å².